The zero-order valence-corrected chi connectivity index (χ0v) is 19.8. The molecule has 1 fully saturated rings. The molecule has 0 spiro atoms. The van der Waals surface area contributed by atoms with E-state index >= 15 is 0 Å². The molecule has 1 atom stereocenters. The minimum Gasteiger partial charge on any atom is -0.483 e. The van der Waals surface area contributed by atoms with Crippen molar-refractivity contribution in [1.29, 1.82) is 0 Å². The summed E-state index contributed by atoms with van der Waals surface area (Å²) in [6.45, 7) is 3.63. The molecule has 2 amide bonds. The Morgan fingerprint density at radius 3 is 2.46 bits per heavy atom. The van der Waals surface area contributed by atoms with E-state index in [1.54, 1.807) is 13.8 Å². The molecule has 3 aromatic rings. The van der Waals surface area contributed by atoms with E-state index in [1.807, 2.05) is 0 Å². The fraction of sp³-hybridized carbons (Fsp3) is 0.280. The van der Waals surface area contributed by atoms with Gasteiger partial charge in [-0.2, -0.15) is 5.10 Å². The molecule has 0 aliphatic carbocycles. The maximum absolute atomic E-state index is 14.5. The molecule has 4 heterocycles. The predicted octanol–water partition coefficient (Wildman–Crippen LogP) is 4.42. The number of rotatable bonds is 5. The zero-order valence-electron chi connectivity index (χ0n) is 19.8. The van der Waals surface area contributed by atoms with Crippen LogP contribution in [0.25, 0.3) is 11.3 Å². The van der Waals surface area contributed by atoms with Gasteiger partial charge in [-0.05, 0) is 37.1 Å². The average Bonchev–Trinajstić information content (AvgIpc) is 3.41. The van der Waals surface area contributed by atoms with Crippen LogP contribution in [-0.4, -0.2) is 62.4 Å². The van der Waals surface area contributed by atoms with E-state index in [1.165, 1.54) is 34.3 Å². The molecule has 37 heavy (non-hydrogen) atoms. The van der Waals surface area contributed by atoms with Gasteiger partial charge in [0, 0.05) is 36.0 Å². The minimum absolute atomic E-state index is 0.0260. The van der Waals surface area contributed by atoms with Crippen LogP contribution in [0, 0.1) is 31.3 Å². The van der Waals surface area contributed by atoms with Crippen LogP contribution < -0.4 is 4.74 Å². The second-order valence-electron chi connectivity index (χ2n) is 8.95. The molecule has 1 saturated heterocycles. The highest BCUT2D eigenvalue weighted by atomic mass is 19.1. The van der Waals surface area contributed by atoms with E-state index in [4.69, 9.17) is 4.74 Å². The van der Waals surface area contributed by atoms with Crippen LogP contribution in [0.4, 0.5) is 18.0 Å². The Morgan fingerprint density at radius 2 is 1.81 bits per heavy atom. The van der Waals surface area contributed by atoms with Crippen molar-refractivity contribution in [2.45, 2.75) is 32.4 Å². The average molecular weight is 513 g/mol. The van der Waals surface area contributed by atoms with Gasteiger partial charge in [0.2, 0.25) is 0 Å². The van der Waals surface area contributed by atoms with E-state index in [9.17, 15) is 27.9 Å². The van der Waals surface area contributed by atoms with Crippen LogP contribution in [0.5, 0.6) is 5.75 Å². The molecule has 2 aliphatic heterocycles. The highest BCUT2D eigenvalue weighted by molar-refractivity contribution is 5.91. The number of halogens is 3. The monoisotopic (exact) mass is 513 g/mol. The van der Waals surface area contributed by atoms with E-state index < -0.39 is 41.6 Å². The molecule has 2 N–H and O–H groups in total. The van der Waals surface area contributed by atoms with Crippen LogP contribution in [0.3, 0.4) is 0 Å². The summed E-state index contributed by atoms with van der Waals surface area (Å²) in [5.41, 5.74) is 2.24. The van der Waals surface area contributed by atoms with Crippen molar-refractivity contribution in [1.82, 2.24) is 19.9 Å². The summed E-state index contributed by atoms with van der Waals surface area (Å²) in [5, 5.41) is 14.6. The maximum atomic E-state index is 14.5. The largest absolute Gasteiger partial charge is 0.483 e. The molecular formula is C25H22F3N5O4. The number of hydrogen-bond acceptors (Lipinski definition) is 5. The number of benzene rings is 1. The van der Waals surface area contributed by atoms with Crippen molar-refractivity contribution >= 4 is 18.2 Å². The van der Waals surface area contributed by atoms with Gasteiger partial charge in [0.1, 0.15) is 23.4 Å². The number of carbonyl (C=O) groups excluding carboxylic acids is 1. The molecule has 0 radical (unpaired) electrons. The molecule has 2 aromatic heterocycles. The van der Waals surface area contributed by atoms with Gasteiger partial charge in [0.05, 0.1) is 31.0 Å². The van der Waals surface area contributed by atoms with Crippen molar-refractivity contribution in [2.75, 3.05) is 13.1 Å². The number of amides is 2. The number of nitrogens with zero attached hydrogens (tertiary/aromatic N) is 4. The molecule has 0 saturated carbocycles. The second kappa shape index (κ2) is 9.26. The van der Waals surface area contributed by atoms with Gasteiger partial charge >= 0.3 is 12.0 Å². The molecule has 1 aromatic carbocycles. The van der Waals surface area contributed by atoms with E-state index in [2.05, 4.69) is 15.1 Å². The van der Waals surface area contributed by atoms with E-state index in [0.29, 0.717) is 34.5 Å². The molecule has 5 rings (SSSR count). The summed E-state index contributed by atoms with van der Waals surface area (Å²) in [7, 11) is 0. The lowest BCUT2D eigenvalue weighted by molar-refractivity contribution is 0.0256. The van der Waals surface area contributed by atoms with Gasteiger partial charge in [0.25, 0.3) is 0 Å². The van der Waals surface area contributed by atoms with E-state index in [0.717, 1.165) is 12.3 Å². The molecule has 192 valence electrons. The number of aromatic nitrogens is 2. The fourth-order valence-electron chi connectivity index (χ4n) is 4.63. The lowest BCUT2D eigenvalue weighted by Crippen LogP contribution is -2.58. The number of aryl methyl sites for hydroxylation is 1. The number of nitrogens with one attached hydrogen (secondary N) is 1. The lowest BCUT2D eigenvalue weighted by Gasteiger charge is -2.41. The van der Waals surface area contributed by atoms with Gasteiger partial charge in [-0.3, -0.25) is 4.98 Å². The number of urea groups is 1. The Balaban J connectivity index is 1.27. The fourth-order valence-corrected chi connectivity index (χ4v) is 4.63. The van der Waals surface area contributed by atoms with Gasteiger partial charge in [-0.25, -0.2) is 27.8 Å². The molecule has 9 nitrogen and oxygen atoms in total. The highest BCUT2D eigenvalue weighted by Crippen LogP contribution is 2.34. The Bertz CT molecular complexity index is 1410. The lowest BCUT2D eigenvalue weighted by atomic mass is 10.0. The SMILES string of the molecule is Cc1[nH]c(C(=O)O)c(C)c1-c1cc(OC2CN(C(=O)N3N=CC[C@H]3c3cc(F)cc(F)c3)C2)c(F)cn1. The van der Waals surface area contributed by atoms with E-state index in [-0.39, 0.29) is 24.5 Å². The zero-order chi connectivity index (χ0) is 26.4. The first-order valence-corrected chi connectivity index (χ1v) is 11.4. The van der Waals surface area contributed by atoms with Crippen LogP contribution in [0.1, 0.15) is 39.8 Å². The molecular weight excluding hydrogens is 491 g/mol. The number of likely N-dealkylation sites (tertiary alicyclic amines) is 1. The number of H-pyrrole nitrogens is 1. The van der Waals surface area contributed by atoms with Gasteiger partial charge in [0.15, 0.2) is 11.6 Å². The van der Waals surface area contributed by atoms with Crippen LogP contribution in [0.2, 0.25) is 0 Å². The molecule has 0 unspecified atom stereocenters. The van der Waals surface area contributed by atoms with Gasteiger partial charge in [-0.15, -0.1) is 0 Å². The predicted molar refractivity (Wildman–Crippen MR) is 126 cm³/mol. The first kappa shape index (κ1) is 24.3. The topological polar surface area (TPSA) is 111 Å². The first-order chi connectivity index (χ1) is 17.6. The van der Waals surface area contributed by atoms with Crippen LogP contribution in [-0.2, 0) is 0 Å². The normalized spacial score (nSPS) is 17.3. The van der Waals surface area contributed by atoms with Crippen LogP contribution in [0.15, 0.2) is 35.6 Å². The third kappa shape index (κ3) is 4.50. The van der Waals surface area contributed by atoms with Crippen molar-refractivity contribution in [3.63, 3.8) is 0 Å². The number of ether oxygens (including phenoxy) is 1. The Hall–Kier alpha value is -4.35. The third-order valence-corrected chi connectivity index (χ3v) is 6.44. The van der Waals surface area contributed by atoms with Gasteiger partial charge in [-0.1, -0.05) is 0 Å². The molecule has 12 heteroatoms. The third-order valence-electron chi connectivity index (χ3n) is 6.44. The summed E-state index contributed by atoms with van der Waals surface area (Å²) < 4.78 is 47.6. The second-order valence-corrected chi connectivity index (χ2v) is 8.95. The number of hydrazone groups is 1. The summed E-state index contributed by atoms with van der Waals surface area (Å²) >= 11 is 0. The summed E-state index contributed by atoms with van der Waals surface area (Å²) in [6.07, 6.45) is 2.32. The minimum atomic E-state index is -1.11. The number of carboxylic acid groups (broad SMARTS) is 1. The molecule has 0 bridgehead atoms. The number of carbonyl (C=O) groups is 2. The Kier molecular flexibility index (Phi) is 6.10. The number of pyridine rings is 1. The standard InChI is InChI=1S/C25H22F3N5O4/c1-12-22(13(2)31-23(12)24(34)35)19-8-21(18(28)9-29-19)37-17-10-32(11-17)25(36)33-20(3-4-30-33)14-5-15(26)7-16(27)6-14/h4-9,17,20,31H,3,10-11H2,1-2H3,(H,34,35)/t20-/m0/s1. The number of hydrogen-bond donors (Lipinski definition) is 2. The maximum Gasteiger partial charge on any atom is 0.352 e. The smallest absolute Gasteiger partial charge is 0.352 e. The van der Waals surface area contributed by atoms with Gasteiger partial charge < -0.3 is 19.7 Å². The van der Waals surface area contributed by atoms with Crippen molar-refractivity contribution in [3.05, 3.63) is 70.4 Å². The first-order valence-electron chi connectivity index (χ1n) is 11.4. The van der Waals surface area contributed by atoms with Crippen molar-refractivity contribution < 1.29 is 32.6 Å². The summed E-state index contributed by atoms with van der Waals surface area (Å²) in [4.78, 5) is 32.7. The Labute approximate surface area is 209 Å². The quantitative estimate of drug-likeness (QED) is 0.525. The summed E-state index contributed by atoms with van der Waals surface area (Å²) in [5.74, 6) is -3.37. The Morgan fingerprint density at radius 1 is 1.11 bits per heavy atom. The van der Waals surface area contributed by atoms with Crippen LogP contribution >= 0.6 is 0 Å². The summed E-state index contributed by atoms with van der Waals surface area (Å²) in [6, 6.07) is 3.40. The number of aromatic amines is 1. The highest BCUT2D eigenvalue weighted by Gasteiger charge is 2.39. The number of aromatic carboxylic acids is 1. The molecule has 2 aliphatic rings. The van der Waals surface area contributed by atoms with Crippen molar-refractivity contribution in [3.8, 4) is 17.0 Å². The van der Waals surface area contributed by atoms with Crippen molar-refractivity contribution in [2.24, 2.45) is 5.10 Å². The number of carboxylic acids is 1.